The molecule has 0 radical (unpaired) electrons. The Morgan fingerprint density at radius 3 is 2.57 bits per heavy atom. The molecule has 0 bridgehead atoms. The van der Waals surface area contributed by atoms with Crippen LogP contribution in [0.15, 0.2) is 24.3 Å². The predicted octanol–water partition coefficient (Wildman–Crippen LogP) is 2.62. The van der Waals surface area contributed by atoms with Crippen LogP contribution in [0.2, 0.25) is 0 Å². The molecular formula is C18H23FN2O2. The number of amides is 2. The van der Waals surface area contributed by atoms with E-state index in [1.54, 1.807) is 17.0 Å². The van der Waals surface area contributed by atoms with Gasteiger partial charge in [0, 0.05) is 25.6 Å². The van der Waals surface area contributed by atoms with E-state index in [9.17, 15) is 14.0 Å². The first-order chi connectivity index (χ1) is 11.1. The molecule has 0 aromatic heterocycles. The number of nitrogens with one attached hydrogen (secondary N) is 1. The van der Waals surface area contributed by atoms with Crippen LogP contribution in [-0.2, 0) is 16.1 Å². The molecule has 23 heavy (non-hydrogen) atoms. The molecule has 0 spiro atoms. The van der Waals surface area contributed by atoms with Crippen LogP contribution in [0.3, 0.4) is 0 Å². The minimum atomic E-state index is -0.286. The smallest absolute Gasteiger partial charge is 0.225 e. The first kappa shape index (κ1) is 16.0. The highest BCUT2D eigenvalue weighted by molar-refractivity contribution is 5.89. The zero-order valence-electron chi connectivity index (χ0n) is 13.3. The van der Waals surface area contributed by atoms with Crippen LogP contribution in [0.4, 0.5) is 4.39 Å². The van der Waals surface area contributed by atoms with Gasteiger partial charge in [-0.05, 0) is 30.5 Å². The third kappa shape index (κ3) is 4.09. The van der Waals surface area contributed by atoms with Gasteiger partial charge >= 0.3 is 0 Å². The molecule has 2 fully saturated rings. The molecule has 1 aromatic carbocycles. The van der Waals surface area contributed by atoms with E-state index in [1.165, 1.54) is 31.4 Å². The number of carbonyl (C=O) groups is 2. The van der Waals surface area contributed by atoms with Crippen molar-refractivity contribution >= 4 is 11.8 Å². The summed E-state index contributed by atoms with van der Waals surface area (Å²) in [5.41, 5.74) is 0.882. The highest BCUT2D eigenvalue weighted by atomic mass is 19.1. The van der Waals surface area contributed by atoms with Crippen molar-refractivity contribution in [2.24, 2.45) is 5.92 Å². The largest absolute Gasteiger partial charge is 0.353 e. The summed E-state index contributed by atoms with van der Waals surface area (Å²) < 4.78 is 12.9. The van der Waals surface area contributed by atoms with E-state index >= 15 is 0 Å². The summed E-state index contributed by atoms with van der Waals surface area (Å²) in [6, 6.07) is 6.42. The van der Waals surface area contributed by atoms with E-state index in [1.807, 2.05) is 0 Å². The molecular weight excluding hydrogens is 295 g/mol. The maximum absolute atomic E-state index is 12.9. The maximum atomic E-state index is 12.9. The van der Waals surface area contributed by atoms with E-state index in [4.69, 9.17) is 0 Å². The molecule has 1 aliphatic carbocycles. The molecule has 4 nitrogen and oxygen atoms in total. The molecule has 124 valence electrons. The van der Waals surface area contributed by atoms with Gasteiger partial charge in [-0.15, -0.1) is 0 Å². The van der Waals surface area contributed by atoms with Crippen LogP contribution in [0.5, 0.6) is 0 Å². The summed E-state index contributed by atoms with van der Waals surface area (Å²) in [7, 11) is 0. The van der Waals surface area contributed by atoms with Crippen LogP contribution in [0.25, 0.3) is 0 Å². The molecule has 1 saturated carbocycles. The first-order valence-electron chi connectivity index (χ1n) is 8.44. The molecule has 3 rings (SSSR count). The monoisotopic (exact) mass is 318 g/mol. The van der Waals surface area contributed by atoms with E-state index in [0.717, 1.165) is 18.4 Å². The van der Waals surface area contributed by atoms with Crippen molar-refractivity contribution < 1.29 is 14.0 Å². The molecule has 1 saturated heterocycles. The summed E-state index contributed by atoms with van der Waals surface area (Å²) in [5, 5.41) is 3.11. The van der Waals surface area contributed by atoms with Crippen molar-refractivity contribution in [3.63, 3.8) is 0 Å². The summed E-state index contributed by atoms with van der Waals surface area (Å²) >= 11 is 0. The standard InChI is InChI=1S/C18H23FN2O2/c19-15-8-6-13(7-9-15)11-21-12-14(10-17(21)22)18(23)20-16-4-2-1-3-5-16/h6-9,14,16H,1-5,10-12H2,(H,20,23)/t14-/m1/s1. The van der Waals surface area contributed by atoms with Crippen LogP contribution in [-0.4, -0.2) is 29.3 Å². The zero-order valence-corrected chi connectivity index (χ0v) is 13.3. The highest BCUT2D eigenvalue weighted by Gasteiger charge is 2.35. The van der Waals surface area contributed by atoms with E-state index in [0.29, 0.717) is 13.1 Å². The SMILES string of the molecule is O=C(NC1CCCCC1)[C@@H]1CC(=O)N(Cc2ccc(F)cc2)C1. The number of benzene rings is 1. The van der Waals surface area contributed by atoms with Crippen molar-refractivity contribution in [1.82, 2.24) is 10.2 Å². The lowest BCUT2D eigenvalue weighted by Gasteiger charge is -2.24. The van der Waals surface area contributed by atoms with Crippen LogP contribution in [0.1, 0.15) is 44.1 Å². The fourth-order valence-corrected chi connectivity index (χ4v) is 3.48. The summed E-state index contributed by atoms with van der Waals surface area (Å²) in [6.07, 6.45) is 5.97. The van der Waals surface area contributed by atoms with Gasteiger partial charge in [0.1, 0.15) is 5.82 Å². The average molecular weight is 318 g/mol. The van der Waals surface area contributed by atoms with Crippen LogP contribution < -0.4 is 5.32 Å². The predicted molar refractivity (Wildman–Crippen MR) is 84.9 cm³/mol. The Labute approximate surface area is 136 Å². The Morgan fingerprint density at radius 1 is 1.17 bits per heavy atom. The molecule has 2 aliphatic rings. The summed E-state index contributed by atoms with van der Waals surface area (Å²) in [5.74, 6) is -0.541. The van der Waals surface area contributed by atoms with Gasteiger partial charge in [-0.2, -0.15) is 0 Å². The lowest BCUT2D eigenvalue weighted by atomic mass is 9.95. The van der Waals surface area contributed by atoms with Gasteiger partial charge in [-0.25, -0.2) is 4.39 Å². The summed E-state index contributed by atoms with van der Waals surface area (Å²) in [4.78, 5) is 26.2. The normalized spacial score (nSPS) is 22.4. The number of halogens is 1. The molecule has 1 N–H and O–H groups in total. The molecule has 1 atom stereocenters. The molecule has 0 unspecified atom stereocenters. The van der Waals surface area contributed by atoms with Gasteiger partial charge in [0.2, 0.25) is 11.8 Å². The molecule has 1 heterocycles. The molecule has 1 aliphatic heterocycles. The topological polar surface area (TPSA) is 49.4 Å². The average Bonchev–Trinajstić information content (AvgIpc) is 2.92. The van der Waals surface area contributed by atoms with Crippen LogP contribution >= 0.6 is 0 Å². The Bertz CT molecular complexity index is 567. The maximum Gasteiger partial charge on any atom is 0.225 e. The minimum Gasteiger partial charge on any atom is -0.353 e. The number of nitrogens with zero attached hydrogens (tertiary/aromatic N) is 1. The number of hydrogen-bond donors (Lipinski definition) is 1. The van der Waals surface area contributed by atoms with Gasteiger partial charge < -0.3 is 10.2 Å². The Hall–Kier alpha value is -1.91. The molecule has 1 aromatic rings. The van der Waals surface area contributed by atoms with Crippen molar-refractivity contribution in [1.29, 1.82) is 0 Å². The van der Waals surface area contributed by atoms with Gasteiger partial charge in [0.25, 0.3) is 0 Å². The van der Waals surface area contributed by atoms with Crippen molar-refractivity contribution in [2.45, 2.75) is 51.1 Å². The molecule has 5 heteroatoms. The number of rotatable bonds is 4. The quantitative estimate of drug-likeness (QED) is 0.928. The van der Waals surface area contributed by atoms with E-state index in [2.05, 4.69) is 5.32 Å². The number of hydrogen-bond acceptors (Lipinski definition) is 2. The van der Waals surface area contributed by atoms with E-state index < -0.39 is 0 Å². The van der Waals surface area contributed by atoms with E-state index in [-0.39, 0.29) is 36.0 Å². The van der Waals surface area contributed by atoms with Gasteiger partial charge in [-0.1, -0.05) is 31.4 Å². The van der Waals surface area contributed by atoms with Gasteiger partial charge in [0.05, 0.1) is 5.92 Å². The van der Waals surface area contributed by atoms with Crippen LogP contribution in [0, 0.1) is 11.7 Å². The van der Waals surface area contributed by atoms with Gasteiger partial charge in [-0.3, -0.25) is 9.59 Å². The lowest BCUT2D eigenvalue weighted by Crippen LogP contribution is -2.40. The second-order valence-corrected chi connectivity index (χ2v) is 6.65. The highest BCUT2D eigenvalue weighted by Crippen LogP contribution is 2.22. The van der Waals surface area contributed by atoms with Crippen molar-refractivity contribution in [2.75, 3.05) is 6.54 Å². The van der Waals surface area contributed by atoms with Crippen molar-refractivity contribution in [3.05, 3.63) is 35.6 Å². The minimum absolute atomic E-state index is 0.00174. The number of likely N-dealkylation sites (tertiary alicyclic amines) is 1. The second-order valence-electron chi connectivity index (χ2n) is 6.65. The first-order valence-corrected chi connectivity index (χ1v) is 8.44. The lowest BCUT2D eigenvalue weighted by molar-refractivity contribution is -0.129. The fraction of sp³-hybridized carbons (Fsp3) is 0.556. The number of carbonyl (C=O) groups excluding carboxylic acids is 2. The fourth-order valence-electron chi connectivity index (χ4n) is 3.48. The zero-order chi connectivity index (χ0) is 16.2. The Balaban J connectivity index is 1.54. The molecule has 2 amide bonds. The Morgan fingerprint density at radius 2 is 1.87 bits per heavy atom. The Kier molecular flexibility index (Phi) is 4.94. The van der Waals surface area contributed by atoms with Gasteiger partial charge in [0.15, 0.2) is 0 Å². The second kappa shape index (κ2) is 7.11. The third-order valence-corrected chi connectivity index (χ3v) is 4.82. The van der Waals surface area contributed by atoms with Crippen molar-refractivity contribution in [3.8, 4) is 0 Å². The summed E-state index contributed by atoms with van der Waals surface area (Å²) in [6.45, 7) is 0.890. The third-order valence-electron chi connectivity index (χ3n) is 4.82.